The van der Waals surface area contributed by atoms with Crippen LogP contribution in [0.15, 0.2) is 53.4 Å². The van der Waals surface area contributed by atoms with Crippen molar-refractivity contribution in [2.75, 3.05) is 24.8 Å². The maximum absolute atomic E-state index is 12.0. The second-order valence-electron chi connectivity index (χ2n) is 5.11. The first-order valence-electron chi connectivity index (χ1n) is 8.01. The maximum Gasteiger partial charge on any atom is 0.224 e. The minimum Gasteiger partial charge on any atom is -0.490 e. The fraction of sp³-hybridized carbons (Fsp3) is 0.316. The van der Waals surface area contributed by atoms with Crippen LogP contribution in [0, 0.1) is 0 Å². The lowest BCUT2D eigenvalue weighted by Gasteiger charge is -2.11. The number of hydrogen-bond acceptors (Lipinski definition) is 4. The molecule has 1 amide bonds. The van der Waals surface area contributed by atoms with Crippen LogP contribution in [-0.4, -0.2) is 25.4 Å². The van der Waals surface area contributed by atoms with E-state index in [2.05, 4.69) is 5.32 Å². The van der Waals surface area contributed by atoms with Crippen molar-refractivity contribution >= 4 is 23.4 Å². The highest BCUT2D eigenvalue weighted by Crippen LogP contribution is 2.26. The zero-order chi connectivity index (χ0) is 17.2. The van der Waals surface area contributed by atoms with Gasteiger partial charge in [0, 0.05) is 17.0 Å². The fourth-order valence-electron chi connectivity index (χ4n) is 2.16. The number of ether oxygens (including phenoxy) is 2. The summed E-state index contributed by atoms with van der Waals surface area (Å²) in [6.45, 7) is 3.01. The van der Waals surface area contributed by atoms with Crippen molar-refractivity contribution in [2.24, 2.45) is 0 Å². The Balaban J connectivity index is 1.72. The molecular weight excluding hydrogens is 322 g/mol. The lowest BCUT2D eigenvalue weighted by molar-refractivity contribution is -0.116. The van der Waals surface area contributed by atoms with Crippen LogP contribution >= 0.6 is 11.8 Å². The van der Waals surface area contributed by atoms with Gasteiger partial charge in [0.2, 0.25) is 5.91 Å². The molecule has 24 heavy (non-hydrogen) atoms. The zero-order valence-electron chi connectivity index (χ0n) is 14.1. The number of carbonyl (C=O) groups is 1. The zero-order valence-corrected chi connectivity index (χ0v) is 14.9. The monoisotopic (exact) mass is 345 g/mol. The van der Waals surface area contributed by atoms with E-state index in [0.717, 1.165) is 11.4 Å². The maximum atomic E-state index is 12.0. The molecule has 0 bridgehead atoms. The molecule has 0 unspecified atom stereocenters. The summed E-state index contributed by atoms with van der Waals surface area (Å²) in [5.41, 5.74) is 0.820. The van der Waals surface area contributed by atoms with Gasteiger partial charge < -0.3 is 14.8 Å². The van der Waals surface area contributed by atoms with Gasteiger partial charge in [-0.1, -0.05) is 12.1 Å². The molecular formula is C19H23NO3S. The van der Waals surface area contributed by atoms with Crippen molar-refractivity contribution in [3.05, 3.63) is 48.5 Å². The van der Waals surface area contributed by atoms with Crippen molar-refractivity contribution in [1.82, 2.24) is 0 Å². The number of nitrogens with one attached hydrogen (secondary N) is 1. The standard InChI is InChI=1S/C19H23NO3S/c1-3-22-17-7-4-5-8-18(17)23-14-6-9-19(21)20-15-10-12-16(24-2)13-11-15/h4-5,7-8,10-13H,3,6,9,14H2,1-2H3,(H,20,21). The molecule has 0 aliphatic rings. The minimum atomic E-state index is -0.00593. The van der Waals surface area contributed by atoms with Crippen molar-refractivity contribution in [3.8, 4) is 11.5 Å². The van der Waals surface area contributed by atoms with E-state index >= 15 is 0 Å². The van der Waals surface area contributed by atoms with Crippen molar-refractivity contribution in [2.45, 2.75) is 24.7 Å². The topological polar surface area (TPSA) is 47.6 Å². The van der Waals surface area contributed by atoms with Gasteiger partial charge in [0.1, 0.15) is 0 Å². The number of thioether (sulfide) groups is 1. The highest BCUT2D eigenvalue weighted by atomic mass is 32.2. The number of para-hydroxylation sites is 2. The van der Waals surface area contributed by atoms with E-state index in [1.807, 2.05) is 61.7 Å². The molecule has 0 aromatic heterocycles. The molecule has 0 fully saturated rings. The third-order valence-electron chi connectivity index (χ3n) is 3.33. The molecule has 2 rings (SSSR count). The number of hydrogen-bond donors (Lipinski definition) is 1. The molecule has 2 aromatic rings. The third-order valence-corrected chi connectivity index (χ3v) is 4.07. The Hall–Kier alpha value is -2.14. The molecule has 128 valence electrons. The van der Waals surface area contributed by atoms with Gasteiger partial charge in [-0.25, -0.2) is 0 Å². The van der Waals surface area contributed by atoms with Crippen LogP contribution in [0.1, 0.15) is 19.8 Å². The quantitative estimate of drug-likeness (QED) is 0.533. The molecule has 0 saturated heterocycles. The Bertz CT molecular complexity index is 643. The number of rotatable bonds is 9. The second-order valence-corrected chi connectivity index (χ2v) is 5.99. The lowest BCUT2D eigenvalue weighted by atomic mass is 10.2. The number of carbonyl (C=O) groups excluding carboxylic acids is 1. The summed E-state index contributed by atoms with van der Waals surface area (Å²) in [6.07, 6.45) is 3.09. The lowest BCUT2D eigenvalue weighted by Crippen LogP contribution is -2.12. The van der Waals surface area contributed by atoms with Crippen LogP contribution in [-0.2, 0) is 4.79 Å². The van der Waals surface area contributed by atoms with Gasteiger partial charge in [0.15, 0.2) is 11.5 Å². The third kappa shape index (κ3) is 5.81. The number of anilines is 1. The van der Waals surface area contributed by atoms with Gasteiger partial charge >= 0.3 is 0 Å². The van der Waals surface area contributed by atoms with Gasteiger partial charge in [0.05, 0.1) is 13.2 Å². The summed E-state index contributed by atoms with van der Waals surface area (Å²) in [5, 5.41) is 2.90. The highest BCUT2D eigenvalue weighted by molar-refractivity contribution is 7.98. The average Bonchev–Trinajstić information content (AvgIpc) is 2.61. The first-order valence-corrected chi connectivity index (χ1v) is 9.24. The summed E-state index contributed by atoms with van der Waals surface area (Å²) in [4.78, 5) is 13.1. The van der Waals surface area contributed by atoms with E-state index in [4.69, 9.17) is 9.47 Å². The summed E-state index contributed by atoms with van der Waals surface area (Å²) < 4.78 is 11.2. The molecule has 2 aromatic carbocycles. The average molecular weight is 345 g/mol. The Morgan fingerprint density at radius 1 is 1.04 bits per heavy atom. The van der Waals surface area contributed by atoms with E-state index < -0.39 is 0 Å². The Morgan fingerprint density at radius 2 is 1.71 bits per heavy atom. The van der Waals surface area contributed by atoms with Crippen molar-refractivity contribution in [3.63, 3.8) is 0 Å². The van der Waals surface area contributed by atoms with E-state index in [0.29, 0.717) is 31.8 Å². The van der Waals surface area contributed by atoms with E-state index in [-0.39, 0.29) is 5.91 Å². The fourth-order valence-corrected chi connectivity index (χ4v) is 2.57. The summed E-state index contributed by atoms with van der Waals surface area (Å²) in [6, 6.07) is 15.4. The first-order chi connectivity index (χ1) is 11.7. The normalized spacial score (nSPS) is 10.2. The summed E-state index contributed by atoms with van der Waals surface area (Å²) >= 11 is 1.68. The predicted molar refractivity (Wildman–Crippen MR) is 99.2 cm³/mol. The van der Waals surface area contributed by atoms with E-state index in [1.165, 1.54) is 4.90 Å². The molecule has 0 aliphatic heterocycles. The molecule has 0 heterocycles. The SMILES string of the molecule is CCOc1ccccc1OCCCC(=O)Nc1ccc(SC)cc1. The predicted octanol–water partition coefficient (Wildman–Crippen LogP) is 4.60. The van der Waals surface area contributed by atoms with E-state index in [9.17, 15) is 4.79 Å². The summed E-state index contributed by atoms with van der Waals surface area (Å²) in [5.74, 6) is 1.44. The van der Waals surface area contributed by atoms with Gasteiger partial charge in [-0.3, -0.25) is 4.79 Å². The molecule has 0 atom stereocenters. The summed E-state index contributed by atoms with van der Waals surface area (Å²) in [7, 11) is 0. The molecule has 0 aliphatic carbocycles. The van der Waals surface area contributed by atoms with Gasteiger partial charge in [0.25, 0.3) is 0 Å². The molecule has 0 radical (unpaired) electrons. The highest BCUT2D eigenvalue weighted by Gasteiger charge is 2.05. The minimum absolute atomic E-state index is 0.00593. The van der Waals surface area contributed by atoms with Crippen LogP contribution in [0.25, 0.3) is 0 Å². The number of benzene rings is 2. The molecule has 0 spiro atoms. The van der Waals surface area contributed by atoms with Crippen LogP contribution in [0.3, 0.4) is 0 Å². The van der Waals surface area contributed by atoms with Crippen LogP contribution in [0.2, 0.25) is 0 Å². The van der Waals surface area contributed by atoms with Crippen LogP contribution in [0.5, 0.6) is 11.5 Å². The molecule has 0 saturated carbocycles. The van der Waals surface area contributed by atoms with Gasteiger partial charge in [-0.15, -0.1) is 11.8 Å². The second kappa shape index (κ2) is 9.88. The Morgan fingerprint density at radius 3 is 2.33 bits per heavy atom. The smallest absolute Gasteiger partial charge is 0.224 e. The van der Waals surface area contributed by atoms with Crippen molar-refractivity contribution < 1.29 is 14.3 Å². The number of amides is 1. The molecule has 5 heteroatoms. The largest absolute Gasteiger partial charge is 0.490 e. The first kappa shape index (κ1) is 18.2. The van der Waals surface area contributed by atoms with Crippen LogP contribution in [0.4, 0.5) is 5.69 Å². The van der Waals surface area contributed by atoms with Crippen LogP contribution < -0.4 is 14.8 Å². The molecule has 4 nitrogen and oxygen atoms in total. The van der Waals surface area contributed by atoms with Crippen molar-refractivity contribution in [1.29, 1.82) is 0 Å². The van der Waals surface area contributed by atoms with E-state index in [1.54, 1.807) is 11.8 Å². The Labute approximate surface area is 147 Å². The Kier molecular flexibility index (Phi) is 7.49. The van der Waals surface area contributed by atoms with Gasteiger partial charge in [-0.2, -0.15) is 0 Å². The molecule has 1 N–H and O–H groups in total. The van der Waals surface area contributed by atoms with Gasteiger partial charge in [-0.05, 0) is 56.0 Å².